The molecule has 0 atom stereocenters. The molecule has 32 heavy (non-hydrogen) atoms. The SMILES string of the molecule is COCCN(Cc1nc2ccccc2c(=O)[nH]1)C(=O)CCn1c(=O)n(C)c2ccccc21. The molecular weight excluding hydrogens is 410 g/mol. The van der Waals surface area contributed by atoms with E-state index < -0.39 is 0 Å². The molecule has 4 aromatic rings. The van der Waals surface area contributed by atoms with Crippen LogP contribution in [0.2, 0.25) is 0 Å². The lowest BCUT2D eigenvalue weighted by Gasteiger charge is -2.22. The minimum atomic E-state index is -0.243. The topological polar surface area (TPSA) is 102 Å². The van der Waals surface area contributed by atoms with Crippen LogP contribution in [-0.4, -0.2) is 50.2 Å². The maximum Gasteiger partial charge on any atom is 0.328 e. The largest absolute Gasteiger partial charge is 0.383 e. The first kappa shape index (κ1) is 21.5. The van der Waals surface area contributed by atoms with Crippen molar-refractivity contribution in [2.75, 3.05) is 20.3 Å². The molecule has 0 radical (unpaired) electrons. The quantitative estimate of drug-likeness (QED) is 0.453. The molecule has 2 aromatic heterocycles. The zero-order chi connectivity index (χ0) is 22.7. The fourth-order valence-corrected chi connectivity index (χ4v) is 3.83. The van der Waals surface area contributed by atoms with Gasteiger partial charge in [0.1, 0.15) is 5.82 Å². The first-order valence-corrected chi connectivity index (χ1v) is 10.4. The average Bonchev–Trinajstić information content (AvgIpc) is 3.05. The Morgan fingerprint density at radius 3 is 2.59 bits per heavy atom. The van der Waals surface area contributed by atoms with Crippen LogP contribution in [0.25, 0.3) is 21.9 Å². The van der Waals surface area contributed by atoms with Gasteiger partial charge in [-0.25, -0.2) is 9.78 Å². The van der Waals surface area contributed by atoms with Crippen molar-refractivity contribution in [3.8, 4) is 0 Å². The minimum Gasteiger partial charge on any atom is -0.383 e. The highest BCUT2D eigenvalue weighted by atomic mass is 16.5. The lowest BCUT2D eigenvalue weighted by Crippen LogP contribution is -2.36. The number of H-pyrrole nitrogens is 1. The van der Waals surface area contributed by atoms with Gasteiger partial charge in [0.2, 0.25) is 5.91 Å². The third-order valence-corrected chi connectivity index (χ3v) is 5.52. The fraction of sp³-hybridized carbons (Fsp3) is 0.304. The molecule has 166 valence electrons. The number of nitrogens with one attached hydrogen (secondary N) is 1. The second-order valence-electron chi connectivity index (χ2n) is 7.57. The number of hydrogen-bond donors (Lipinski definition) is 1. The number of para-hydroxylation sites is 3. The summed E-state index contributed by atoms with van der Waals surface area (Å²) in [5.74, 6) is 0.248. The zero-order valence-electron chi connectivity index (χ0n) is 18.1. The Labute approximate surface area is 183 Å². The van der Waals surface area contributed by atoms with E-state index in [0.29, 0.717) is 29.9 Å². The predicted octanol–water partition coefficient (Wildman–Crippen LogP) is 1.64. The van der Waals surface area contributed by atoms with Crippen molar-refractivity contribution in [2.45, 2.75) is 19.5 Å². The number of fused-ring (bicyclic) bond motifs is 2. The van der Waals surface area contributed by atoms with Crippen LogP contribution in [0.1, 0.15) is 12.2 Å². The van der Waals surface area contributed by atoms with Gasteiger partial charge in [0, 0.05) is 33.7 Å². The third kappa shape index (κ3) is 4.19. The van der Waals surface area contributed by atoms with Crippen LogP contribution in [0.3, 0.4) is 0 Å². The summed E-state index contributed by atoms with van der Waals surface area (Å²) in [6, 6.07) is 14.6. The number of aromatic nitrogens is 4. The Hall–Kier alpha value is -3.72. The van der Waals surface area contributed by atoms with Crippen molar-refractivity contribution in [1.29, 1.82) is 0 Å². The highest BCUT2D eigenvalue weighted by molar-refractivity contribution is 5.79. The molecule has 0 spiro atoms. The molecule has 2 aromatic carbocycles. The van der Waals surface area contributed by atoms with Gasteiger partial charge in [0.05, 0.1) is 35.1 Å². The number of benzene rings is 2. The summed E-state index contributed by atoms with van der Waals surface area (Å²) in [6.07, 6.45) is 0.134. The van der Waals surface area contributed by atoms with Gasteiger partial charge in [0.25, 0.3) is 5.56 Å². The van der Waals surface area contributed by atoms with Crippen molar-refractivity contribution >= 4 is 27.8 Å². The number of amides is 1. The van der Waals surface area contributed by atoms with E-state index in [2.05, 4.69) is 9.97 Å². The number of hydrogen-bond acceptors (Lipinski definition) is 5. The summed E-state index contributed by atoms with van der Waals surface area (Å²) in [4.78, 5) is 46.9. The van der Waals surface area contributed by atoms with E-state index in [1.165, 1.54) is 0 Å². The maximum atomic E-state index is 13.1. The number of rotatable bonds is 8. The van der Waals surface area contributed by atoms with Crippen molar-refractivity contribution in [2.24, 2.45) is 7.05 Å². The van der Waals surface area contributed by atoms with Crippen LogP contribution in [-0.2, 0) is 29.7 Å². The Morgan fingerprint density at radius 2 is 1.81 bits per heavy atom. The van der Waals surface area contributed by atoms with E-state index in [4.69, 9.17) is 4.74 Å². The third-order valence-electron chi connectivity index (χ3n) is 5.52. The Morgan fingerprint density at radius 1 is 1.09 bits per heavy atom. The molecule has 9 heteroatoms. The molecular formula is C23H25N5O4. The summed E-state index contributed by atoms with van der Waals surface area (Å²) in [5, 5.41) is 0.501. The second-order valence-corrected chi connectivity index (χ2v) is 7.57. The summed E-state index contributed by atoms with van der Waals surface area (Å²) < 4.78 is 8.34. The number of nitrogens with zero attached hydrogens (tertiary/aromatic N) is 4. The van der Waals surface area contributed by atoms with E-state index in [9.17, 15) is 14.4 Å². The van der Waals surface area contributed by atoms with Gasteiger partial charge in [-0.2, -0.15) is 0 Å². The van der Waals surface area contributed by atoms with Crippen molar-refractivity contribution < 1.29 is 9.53 Å². The van der Waals surface area contributed by atoms with Crippen molar-refractivity contribution in [3.63, 3.8) is 0 Å². The number of ether oxygens (including phenoxy) is 1. The van der Waals surface area contributed by atoms with Gasteiger partial charge in [-0.05, 0) is 24.3 Å². The van der Waals surface area contributed by atoms with Gasteiger partial charge in [0.15, 0.2) is 0 Å². The Kier molecular flexibility index (Phi) is 6.18. The second kappa shape index (κ2) is 9.19. The zero-order valence-corrected chi connectivity index (χ0v) is 18.1. The summed E-state index contributed by atoms with van der Waals surface area (Å²) in [7, 11) is 3.28. The number of aryl methyl sites for hydroxylation is 2. The molecule has 0 saturated heterocycles. The van der Waals surface area contributed by atoms with Crippen LogP contribution in [0.15, 0.2) is 58.1 Å². The van der Waals surface area contributed by atoms with E-state index in [0.717, 1.165) is 11.0 Å². The number of methoxy groups -OCH3 is 1. The van der Waals surface area contributed by atoms with Crippen molar-refractivity contribution in [1.82, 2.24) is 24.0 Å². The van der Waals surface area contributed by atoms with Crippen LogP contribution < -0.4 is 11.2 Å². The van der Waals surface area contributed by atoms with Crippen LogP contribution in [0.5, 0.6) is 0 Å². The molecule has 2 heterocycles. The lowest BCUT2D eigenvalue weighted by molar-refractivity contribution is -0.132. The molecule has 0 aliphatic rings. The number of imidazole rings is 1. The summed E-state index contributed by atoms with van der Waals surface area (Å²) in [6.45, 7) is 1.09. The van der Waals surface area contributed by atoms with Gasteiger partial charge < -0.3 is 14.6 Å². The normalized spacial score (nSPS) is 11.3. The van der Waals surface area contributed by atoms with E-state index in [1.54, 1.807) is 46.4 Å². The molecule has 0 aliphatic heterocycles. The van der Waals surface area contributed by atoms with Gasteiger partial charge >= 0.3 is 5.69 Å². The van der Waals surface area contributed by atoms with E-state index >= 15 is 0 Å². The average molecular weight is 435 g/mol. The maximum absolute atomic E-state index is 13.1. The molecule has 0 saturated carbocycles. The highest BCUT2D eigenvalue weighted by Gasteiger charge is 2.18. The molecule has 1 N–H and O–H groups in total. The molecule has 1 amide bonds. The van der Waals surface area contributed by atoms with Gasteiger partial charge in [-0.3, -0.25) is 18.7 Å². The van der Waals surface area contributed by atoms with E-state index in [-0.39, 0.29) is 36.7 Å². The highest BCUT2D eigenvalue weighted by Crippen LogP contribution is 2.13. The molecule has 0 aliphatic carbocycles. The number of carbonyl (C=O) groups excluding carboxylic acids is 1. The standard InChI is InChI=1S/C23H25N5O4/c1-26-18-9-5-6-10-19(18)28(23(26)31)12-11-21(29)27(13-14-32-2)15-20-24-17-8-4-3-7-16(17)22(30)25-20/h3-10H,11-15H2,1-2H3,(H,24,25,30). The van der Waals surface area contributed by atoms with Crippen LogP contribution in [0.4, 0.5) is 0 Å². The summed E-state index contributed by atoms with van der Waals surface area (Å²) >= 11 is 0. The first-order valence-electron chi connectivity index (χ1n) is 10.4. The number of carbonyl (C=O) groups is 1. The fourth-order valence-electron chi connectivity index (χ4n) is 3.83. The van der Waals surface area contributed by atoms with E-state index in [1.807, 2.05) is 30.3 Å². The smallest absolute Gasteiger partial charge is 0.328 e. The molecule has 0 bridgehead atoms. The monoisotopic (exact) mass is 435 g/mol. The van der Waals surface area contributed by atoms with Gasteiger partial charge in [-0.1, -0.05) is 24.3 Å². The Balaban J connectivity index is 1.55. The van der Waals surface area contributed by atoms with Crippen molar-refractivity contribution in [3.05, 3.63) is 75.2 Å². The minimum absolute atomic E-state index is 0.134. The predicted molar refractivity (Wildman–Crippen MR) is 121 cm³/mol. The van der Waals surface area contributed by atoms with Gasteiger partial charge in [-0.15, -0.1) is 0 Å². The molecule has 0 fully saturated rings. The number of aromatic amines is 1. The Bertz CT molecular complexity index is 1380. The van der Waals surface area contributed by atoms with Crippen LogP contribution >= 0.6 is 0 Å². The molecule has 0 unspecified atom stereocenters. The lowest BCUT2D eigenvalue weighted by atomic mass is 10.2. The summed E-state index contributed by atoms with van der Waals surface area (Å²) in [5.41, 5.74) is 1.78. The first-order chi connectivity index (χ1) is 15.5. The molecule has 4 rings (SSSR count). The van der Waals surface area contributed by atoms with Crippen LogP contribution in [0, 0.1) is 0 Å². The molecule has 9 nitrogen and oxygen atoms in total.